The van der Waals surface area contributed by atoms with E-state index in [4.69, 9.17) is 23.2 Å². The average Bonchev–Trinajstić information content (AvgIpc) is 2.47. The Morgan fingerprint density at radius 1 is 1.60 bits per heavy atom. The third-order valence-corrected chi connectivity index (χ3v) is 2.09. The Morgan fingerprint density at radius 2 is 2.20 bits per heavy atom. The minimum atomic E-state index is 0.344. The zero-order valence-electron chi connectivity index (χ0n) is 5.95. The zero-order valence-corrected chi connectivity index (χ0v) is 7.47. The van der Waals surface area contributed by atoms with Crippen LogP contribution in [0, 0.1) is 0 Å². The van der Waals surface area contributed by atoms with E-state index in [1.807, 2.05) is 0 Å². The number of halogens is 2. The summed E-state index contributed by atoms with van der Waals surface area (Å²) in [5.41, 5.74) is 0.375. The molecule has 3 heteroatoms. The summed E-state index contributed by atoms with van der Waals surface area (Å²) in [5.74, 6) is 0. The van der Waals surface area contributed by atoms with Crippen LogP contribution in [0.5, 0.6) is 0 Å². The van der Waals surface area contributed by atoms with Gasteiger partial charge in [-0.3, -0.25) is 0 Å². The molecule has 0 aromatic carbocycles. The highest BCUT2D eigenvalue weighted by Gasteiger charge is 2.35. The van der Waals surface area contributed by atoms with Crippen molar-refractivity contribution < 1.29 is 0 Å². The average molecular weight is 180 g/mol. The standard InChI is InChI=1S/C7H11Cl2N/c1-7(3-4-7)10-5-2-6(8)9/h2,10H,3-5H2,1H3. The molecule has 0 aromatic heterocycles. The zero-order chi connectivity index (χ0) is 7.61. The van der Waals surface area contributed by atoms with Crippen molar-refractivity contribution in [3.63, 3.8) is 0 Å². The summed E-state index contributed by atoms with van der Waals surface area (Å²) in [6.07, 6.45) is 4.30. The molecular formula is C7H11Cl2N. The lowest BCUT2D eigenvalue weighted by molar-refractivity contribution is 0.576. The maximum atomic E-state index is 5.41. The van der Waals surface area contributed by atoms with Crippen molar-refractivity contribution >= 4 is 23.2 Å². The molecule has 58 valence electrons. The van der Waals surface area contributed by atoms with E-state index in [0.717, 1.165) is 6.54 Å². The molecule has 0 radical (unpaired) electrons. The second kappa shape index (κ2) is 3.12. The van der Waals surface area contributed by atoms with Crippen LogP contribution in [0.15, 0.2) is 10.6 Å². The molecule has 0 atom stereocenters. The van der Waals surface area contributed by atoms with Crippen LogP contribution in [0.1, 0.15) is 19.8 Å². The minimum absolute atomic E-state index is 0.344. The van der Waals surface area contributed by atoms with Gasteiger partial charge in [0.15, 0.2) is 0 Å². The van der Waals surface area contributed by atoms with Crippen LogP contribution in [0.25, 0.3) is 0 Å². The van der Waals surface area contributed by atoms with Crippen molar-refractivity contribution in [3.05, 3.63) is 10.6 Å². The molecule has 0 unspecified atom stereocenters. The second-order valence-corrected chi connectivity index (χ2v) is 3.94. The van der Waals surface area contributed by atoms with Crippen LogP contribution in [-0.2, 0) is 0 Å². The van der Waals surface area contributed by atoms with Gasteiger partial charge in [-0.2, -0.15) is 0 Å². The first-order chi connectivity index (χ1) is 4.62. The fourth-order valence-corrected chi connectivity index (χ4v) is 0.893. The van der Waals surface area contributed by atoms with E-state index in [2.05, 4.69) is 12.2 Å². The van der Waals surface area contributed by atoms with Crippen LogP contribution >= 0.6 is 23.2 Å². The van der Waals surface area contributed by atoms with Gasteiger partial charge in [-0.1, -0.05) is 23.2 Å². The van der Waals surface area contributed by atoms with Gasteiger partial charge in [0.2, 0.25) is 0 Å². The maximum absolute atomic E-state index is 5.41. The van der Waals surface area contributed by atoms with Gasteiger partial charge < -0.3 is 5.32 Å². The van der Waals surface area contributed by atoms with Gasteiger partial charge in [0.05, 0.1) is 0 Å². The van der Waals surface area contributed by atoms with Crippen LogP contribution in [-0.4, -0.2) is 12.1 Å². The first-order valence-electron chi connectivity index (χ1n) is 3.39. The Bertz CT molecular complexity index is 146. The van der Waals surface area contributed by atoms with Crippen molar-refractivity contribution in [2.45, 2.75) is 25.3 Å². The van der Waals surface area contributed by atoms with Crippen molar-refractivity contribution in [3.8, 4) is 0 Å². The Morgan fingerprint density at radius 3 is 2.60 bits per heavy atom. The molecule has 10 heavy (non-hydrogen) atoms. The van der Waals surface area contributed by atoms with Crippen molar-refractivity contribution in [1.82, 2.24) is 5.32 Å². The normalized spacial score (nSPS) is 20.3. The van der Waals surface area contributed by atoms with Gasteiger partial charge in [0, 0.05) is 12.1 Å². The molecule has 1 fully saturated rings. The number of nitrogens with one attached hydrogen (secondary N) is 1. The highest BCUT2D eigenvalue weighted by molar-refractivity contribution is 6.55. The summed E-state index contributed by atoms with van der Waals surface area (Å²) in [7, 11) is 0. The molecular weight excluding hydrogens is 169 g/mol. The molecule has 1 aliphatic rings. The summed E-state index contributed by atoms with van der Waals surface area (Å²) in [6.45, 7) is 2.97. The van der Waals surface area contributed by atoms with Crippen molar-refractivity contribution in [1.29, 1.82) is 0 Å². The molecule has 0 bridgehead atoms. The molecule has 1 aliphatic carbocycles. The summed E-state index contributed by atoms with van der Waals surface area (Å²) in [6, 6.07) is 0. The smallest absolute Gasteiger partial charge is 0.104 e. The molecule has 0 aromatic rings. The number of hydrogen-bond acceptors (Lipinski definition) is 1. The Kier molecular flexibility index (Phi) is 2.61. The molecule has 0 spiro atoms. The molecule has 1 saturated carbocycles. The monoisotopic (exact) mass is 179 g/mol. The van der Waals surface area contributed by atoms with Crippen molar-refractivity contribution in [2.24, 2.45) is 0 Å². The predicted octanol–water partition coefficient (Wildman–Crippen LogP) is 2.45. The maximum Gasteiger partial charge on any atom is 0.104 e. The van der Waals surface area contributed by atoms with Crippen LogP contribution in [0.4, 0.5) is 0 Å². The molecule has 0 heterocycles. The van der Waals surface area contributed by atoms with E-state index >= 15 is 0 Å². The number of hydrogen-bond donors (Lipinski definition) is 1. The third-order valence-electron chi connectivity index (χ3n) is 1.79. The van der Waals surface area contributed by atoms with E-state index in [1.165, 1.54) is 12.8 Å². The highest BCUT2D eigenvalue weighted by Crippen LogP contribution is 2.33. The van der Waals surface area contributed by atoms with Crippen molar-refractivity contribution in [2.75, 3.05) is 6.54 Å². The molecule has 0 aliphatic heterocycles. The van der Waals surface area contributed by atoms with Gasteiger partial charge >= 0.3 is 0 Å². The topological polar surface area (TPSA) is 12.0 Å². The highest BCUT2D eigenvalue weighted by atomic mass is 35.5. The van der Waals surface area contributed by atoms with E-state index in [0.29, 0.717) is 10.0 Å². The van der Waals surface area contributed by atoms with Gasteiger partial charge in [-0.05, 0) is 25.8 Å². The lowest BCUT2D eigenvalue weighted by atomic mass is 10.3. The molecule has 1 nitrogen and oxygen atoms in total. The molecule has 0 saturated heterocycles. The fraction of sp³-hybridized carbons (Fsp3) is 0.714. The summed E-state index contributed by atoms with van der Waals surface area (Å²) >= 11 is 10.8. The summed E-state index contributed by atoms with van der Waals surface area (Å²) in [5, 5.41) is 3.32. The van der Waals surface area contributed by atoms with Crippen LogP contribution in [0.3, 0.4) is 0 Å². The first kappa shape index (κ1) is 8.38. The summed E-state index contributed by atoms with van der Waals surface area (Å²) in [4.78, 5) is 0. The van der Waals surface area contributed by atoms with Gasteiger partial charge in [-0.25, -0.2) is 0 Å². The third kappa shape index (κ3) is 2.91. The Hall–Kier alpha value is 0.280. The van der Waals surface area contributed by atoms with Crippen LogP contribution in [0.2, 0.25) is 0 Å². The minimum Gasteiger partial charge on any atom is -0.308 e. The first-order valence-corrected chi connectivity index (χ1v) is 4.14. The Balaban J connectivity index is 2.11. The van der Waals surface area contributed by atoms with Gasteiger partial charge in [0.25, 0.3) is 0 Å². The Labute approximate surface area is 71.4 Å². The quantitative estimate of drug-likeness (QED) is 0.703. The molecule has 1 N–H and O–H groups in total. The fourth-order valence-electron chi connectivity index (χ4n) is 0.739. The lowest BCUT2D eigenvalue weighted by Crippen LogP contribution is -2.27. The van der Waals surface area contributed by atoms with Crippen LogP contribution < -0.4 is 5.32 Å². The second-order valence-electron chi connectivity index (χ2n) is 2.94. The van der Waals surface area contributed by atoms with Gasteiger partial charge in [-0.15, -0.1) is 0 Å². The SMILES string of the molecule is CC1(NCC=C(Cl)Cl)CC1. The van der Waals surface area contributed by atoms with E-state index in [1.54, 1.807) is 6.08 Å². The lowest BCUT2D eigenvalue weighted by Gasteiger charge is -2.07. The van der Waals surface area contributed by atoms with E-state index < -0.39 is 0 Å². The van der Waals surface area contributed by atoms with E-state index in [9.17, 15) is 0 Å². The molecule has 0 amide bonds. The largest absolute Gasteiger partial charge is 0.308 e. The van der Waals surface area contributed by atoms with E-state index in [-0.39, 0.29) is 0 Å². The predicted molar refractivity (Wildman–Crippen MR) is 45.4 cm³/mol. The molecule has 1 rings (SSSR count). The number of rotatable bonds is 3. The van der Waals surface area contributed by atoms with Gasteiger partial charge in [0.1, 0.15) is 4.49 Å². The summed E-state index contributed by atoms with van der Waals surface area (Å²) < 4.78 is 0.344.